The first-order valence-electron chi connectivity index (χ1n) is 8.39. The SMILES string of the molecule is O=C(c1cnccn1)N1CCCC1c1ccnc(Nc2ccccn2)n1. The second-order valence-corrected chi connectivity index (χ2v) is 5.89. The lowest BCUT2D eigenvalue weighted by atomic mass is 10.1. The number of hydrogen-bond donors (Lipinski definition) is 1. The number of pyridine rings is 1. The third-order valence-corrected chi connectivity index (χ3v) is 4.22. The van der Waals surface area contributed by atoms with Crippen LogP contribution in [0.5, 0.6) is 0 Å². The van der Waals surface area contributed by atoms with Crippen molar-refractivity contribution in [3.8, 4) is 0 Å². The van der Waals surface area contributed by atoms with E-state index in [0.717, 1.165) is 18.5 Å². The molecule has 3 aromatic heterocycles. The standard InChI is InChI=1S/C18H17N7O/c26-17(14-12-19-9-10-20-14)25-11-3-4-15(25)13-6-8-22-18(23-13)24-16-5-1-2-7-21-16/h1-2,5-10,12,15H,3-4,11H2,(H,21,22,23,24). The number of likely N-dealkylation sites (tertiary alicyclic amines) is 1. The van der Waals surface area contributed by atoms with Crippen LogP contribution in [0.2, 0.25) is 0 Å². The Hall–Kier alpha value is -3.42. The Morgan fingerprint density at radius 3 is 2.85 bits per heavy atom. The minimum Gasteiger partial charge on any atom is -0.329 e. The topological polar surface area (TPSA) is 96.8 Å². The average Bonchev–Trinajstić information content (AvgIpc) is 3.19. The van der Waals surface area contributed by atoms with E-state index in [4.69, 9.17) is 0 Å². The van der Waals surface area contributed by atoms with Crippen molar-refractivity contribution in [1.29, 1.82) is 0 Å². The summed E-state index contributed by atoms with van der Waals surface area (Å²) in [5.41, 5.74) is 1.15. The van der Waals surface area contributed by atoms with Crippen LogP contribution in [0.1, 0.15) is 35.1 Å². The van der Waals surface area contributed by atoms with E-state index in [1.54, 1.807) is 23.5 Å². The van der Waals surface area contributed by atoms with Gasteiger partial charge in [-0.3, -0.25) is 9.78 Å². The molecule has 3 aromatic rings. The number of carbonyl (C=O) groups excluding carboxylic acids is 1. The molecule has 130 valence electrons. The Balaban J connectivity index is 1.56. The molecule has 1 saturated heterocycles. The normalized spacial score (nSPS) is 16.5. The van der Waals surface area contributed by atoms with Crippen molar-refractivity contribution in [2.75, 3.05) is 11.9 Å². The molecule has 1 atom stereocenters. The third kappa shape index (κ3) is 3.34. The number of aromatic nitrogens is 5. The molecule has 4 rings (SSSR count). The predicted molar refractivity (Wildman–Crippen MR) is 94.6 cm³/mol. The summed E-state index contributed by atoms with van der Waals surface area (Å²) in [7, 11) is 0. The van der Waals surface area contributed by atoms with Gasteiger partial charge in [0.05, 0.1) is 17.9 Å². The number of amides is 1. The van der Waals surface area contributed by atoms with Gasteiger partial charge in [0.15, 0.2) is 0 Å². The minimum absolute atomic E-state index is 0.100. The summed E-state index contributed by atoms with van der Waals surface area (Å²) in [5, 5.41) is 3.08. The molecule has 1 N–H and O–H groups in total. The van der Waals surface area contributed by atoms with E-state index < -0.39 is 0 Å². The molecule has 0 aliphatic carbocycles. The molecule has 8 heteroatoms. The number of rotatable bonds is 4. The average molecular weight is 347 g/mol. The van der Waals surface area contributed by atoms with E-state index in [1.807, 2.05) is 24.3 Å². The van der Waals surface area contributed by atoms with Crippen molar-refractivity contribution in [2.45, 2.75) is 18.9 Å². The highest BCUT2D eigenvalue weighted by Crippen LogP contribution is 2.32. The van der Waals surface area contributed by atoms with Gasteiger partial charge in [-0.25, -0.2) is 19.9 Å². The van der Waals surface area contributed by atoms with E-state index in [-0.39, 0.29) is 11.9 Å². The summed E-state index contributed by atoms with van der Waals surface area (Å²) in [5.74, 6) is 1.00. The molecular formula is C18H17N7O. The number of carbonyl (C=O) groups is 1. The maximum atomic E-state index is 12.8. The highest BCUT2D eigenvalue weighted by molar-refractivity contribution is 5.92. The molecule has 4 heterocycles. The largest absolute Gasteiger partial charge is 0.329 e. The lowest BCUT2D eigenvalue weighted by Gasteiger charge is -2.24. The first-order valence-corrected chi connectivity index (χ1v) is 8.39. The summed E-state index contributed by atoms with van der Waals surface area (Å²) >= 11 is 0. The fourth-order valence-corrected chi connectivity index (χ4v) is 3.04. The smallest absolute Gasteiger partial charge is 0.274 e. The van der Waals surface area contributed by atoms with Gasteiger partial charge < -0.3 is 10.2 Å². The Bertz CT molecular complexity index is 888. The Labute approximate surface area is 150 Å². The molecule has 8 nitrogen and oxygen atoms in total. The first-order chi connectivity index (χ1) is 12.8. The van der Waals surface area contributed by atoms with Crippen LogP contribution in [-0.2, 0) is 0 Å². The lowest BCUT2D eigenvalue weighted by Crippen LogP contribution is -2.31. The summed E-state index contributed by atoms with van der Waals surface area (Å²) in [6.45, 7) is 0.674. The number of hydrogen-bond acceptors (Lipinski definition) is 7. The molecule has 1 amide bonds. The molecule has 1 fully saturated rings. The zero-order chi connectivity index (χ0) is 17.8. The first kappa shape index (κ1) is 16.1. The van der Waals surface area contributed by atoms with E-state index in [9.17, 15) is 4.79 Å². The van der Waals surface area contributed by atoms with Gasteiger partial charge in [0, 0.05) is 31.3 Å². The van der Waals surface area contributed by atoms with Crippen molar-refractivity contribution in [3.63, 3.8) is 0 Å². The highest BCUT2D eigenvalue weighted by Gasteiger charge is 2.32. The molecule has 0 aromatic carbocycles. The van der Waals surface area contributed by atoms with E-state index in [1.165, 1.54) is 12.4 Å². The summed E-state index contributed by atoms with van der Waals surface area (Å²) in [6.07, 6.45) is 9.74. The Morgan fingerprint density at radius 1 is 1.08 bits per heavy atom. The Morgan fingerprint density at radius 2 is 2.04 bits per heavy atom. The number of nitrogens with one attached hydrogen (secondary N) is 1. The molecule has 0 radical (unpaired) electrons. The van der Waals surface area contributed by atoms with Crippen molar-refractivity contribution < 1.29 is 4.79 Å². The van der Waals surface area contributed by atoms with Crippen molar-refractivity contribution in [2.24, 2.45) is 0 Å². The summed E-state index contributed by atoms with van der Waals surface area (Å²) in [6, 6.07) is 7.32. The van der Waals surface area contributed by atoms with Gasteiger partial charge in [-0.05, 0) is 31.0 Å². The third-order valence-electron chi connectivity index (χ3n) is 4.22. The molecular weight excluding hydrogens is 330 g/mol. The van der Waals surface area contributed by atoms with Crippen LogP contribution in [0.15, 0.2) is 55.2 Å². The van der Waals surface area contributed by atoms with Crippen molar-refractivity contribution >= 4 is 17.7 Å². The molecule has 1 aliphatic heterocycles. The van der Waals surface area contributed by atoms with Crippen LogP contribution in [0, 0.1) is 0 Å². The van der Waals surface area contributed by atoms with Gasteiger partial charge in [0.2, 0.25) is 5.95 Å². The highest BCUT2D eigenvalue weighted by atomic mass is 16.2. The lowest BCUT2D eigenvalue weighted by molar-refractivity contribution is 0.0726. The van der Waals surface area contributed by atoms with Crippen LogP contribution in [0.4, 0.5) is 11.8 Å². The maximum Gasteiger partial charge on any atom is 0.274 e. The monoisotopic (exact) mass is 347 g/mol. The Kier molecular flexibility index (Phi) is 4.46. The molecule has 1 aliphatic rings. The molecule has 26 heavy (non-hydrogen) atoms. The second-order valence-electron chi connectivity index (χ2n) is 5.89. The van der Waals surface area contributed by atoms with E-state index in [0.29, 0.717) is 24.0 Å². The summed E-state index contributed by atoms with van der Waals surface area (Å²) in [4.78, 5) is 35.7. The molecule has 0 bridgehead atoms. The van der Waals surface area contributed by atoms with E-state index in [2.05, 4.69) is 30.2 Å². The zero-order valence-corrected chi connectivity index (χ0v) is 14.0. The fourth-order valence-electron chi connectivity index (χ4n) is 3.04. The van der Waals surface area contributed by atoms with Crippen molar-refractivity contribution in [1.82, 2.24) is 29.8 Å². The summed E-state index contributed by atoms with van der Waals surface area (Å²) < 4.78 is 0. The quantitative estimate of drug-likeness (QED) is 0.774. The molecule has 0 spiro atoms. The van der Waals surface area contributed by atoms with Gasteiger partial charge in [0.1, 0.15) is 11.5 Å². The second kappa shape index (κ2) is 7.22. The van der Waals surface area contributed by atoms with Crippen LogP contribution in [0.3, 0.4) is 0 Å². The van der Waals surface area contributed by atoms with E-state index >= 15 is 0 Å². The van der Waals surface area contributed by atoms with Crippen molar-refractivity contribution in [3.05, 3.63) is 66.6 Å². The van der Waals surface area contributed by atoms with Gasteiger partial charge in [-0.15, -0.1) is 0 Å². The van der Waals surface area contributed by atoms with Crippen LogP contribution in [0.25, 0.3) is 0 Å². The van der Waals surface area contributed by atoms with Crippen LogP contribution in [-0.4, -0.2) is 42.3 Å². The molecule has 1 unspecified atom stereocenters. The number of anilines is 2. The van der Waals surface area contributed by atoms with Gasteiger partial charge in [-0.2, -0.15) is 0 Å². The predicted octanol–water partition coefficient (Wildman–Crippen LogP) is 2.38. The van der Waals surface area contributed by atoms with Gasteiger partial charge >= 0.3 is 0 Å². The van der Waals surface area contributed by atoms with Crippen LogP contribution < -0.4 is 5.32 Å². The minimum atomic E-state index is -0.126. The van der Waals surface area contributed by atoms with Gasteiger partial charge in [0.25, 0.3) is 5.91 Å². The maximum absolute atomic E-state index is 12.8. The zero-order valence-electron chi connectivity index (χ0n) is 14.0. The van der Waals surface area contributed by atoms with Crippen LogP contribution >= 0.6 is 0 Å². The number of nitrogens with zero attached hydrogens (tertiary/aromatic N) is 6. The fraction of sp³-hybridized carbons (Fsp3) is 0.222. The van der Waals surface area contributed by atoms with Gasteiger partial charge in [-0.1, -0.05) is 6.07 Å². The molecule has 0 saturated carbocycles.